The van der Waals surface area contributed by atoms with E-state index in [0.29, 0.717) is 0 Å². The molecule has 0 amide bonds. The Morgan fingerprint density at radius 3 is 3.00 bits per heavy atom. The second kappa shape index (κ2) is 5.01. The van der Waals surface area contributed by atoms with Gasteiger partial charge in [0, 0.05) is 0 Å². The van der Waals surface area contributed by atoms with Crippen LogP contribution in [0.2, 0.25) is 0 Å². The van der Waals surface area contributed by atoms with E-state index in [4.69, 9.17) is 11.6 Å². The maximum Gasteiger partial charge on any atom is 0.123 e. The van der Waals surface area contributed by atoms with Crippen LogP contribution in [0.25, 0.3) is 0 Å². The molecule has 1 aliphatic carbocycles. The molecule has 1 unspecified atom stereocenters. The van der Waals surface area contributed by atoms with Gasteiger partial charge in [0.1, 0.15) is 5.82 Å². The zero-order chi connectivity index (χ0) is 11.5. The lowest BCUT2D eigenvalue weighted by molar-refractivity contribution is 0.624. The summed E-state index contributed by atoms with van der Waals surface area (Å²) in [6, 6.07) is 4.98. The van der Waals surface area contributed by atoms with Gasteiger partial charge in [-0.15, -0.1) is 11.6 Å². The van der Waals surface area contributed by atoms with Crippen molar-refractivity contribution in [3.05, 3.63) is 46.8 Å². The highest BCUT2D eigenvalue weighted by atomic mass is 35.5. The van der Waals surface area contributed by atoms with Crippen molar-refractivity contribution in [1.29, 1.82) is 0 Å². The lowest BCUT2D eigenvalue weighted by Gasteiger charge is -2.17. The summed E-state index contributed by atoms with van der Waals surface area (Å²) in [7, 11) is 0. The molecular weight excluding hydrogens is 223 g/mol. The van der Waals surface area contributed by atoms with Gasteiger partial charge in [-0.05, 0) is 55.9 Å². The fourth-order valence-electron chi connectivity index (χ4n) is 2.17. The number of allylic oxidation sites excluding steroid dienone is 2. The van der Waals surface area contributed by atoms with Crippen LogP contribution in [-0.4, -0.2) is 5.38 Å². The van der Waals surface area contributed by atoms with Gasteiger partial charge in [0.15, 0.2) is 0 Å². The summed E-state index contributed by atoms with van der Waals surface area (Å²) in [6.45, 7) is 2.02. The Labute approximate surface area is 101 Å². The maximum absolute atomic E-state index is 13.1. The first kappa shape index (κ1) is 11.7. The fourth-order valence-corrected chi connectivity index (χ4v) is 2.50. The van der Waals surface area contributed by atoms with Gasteiger partial charge >= 0.3 is 0 Å². The molecule has 0 saturated carbocycles. The highest BCUT2D eigenvalue weighted by Crippen LogP contribution is 2.25. The van der Waals surface area contributed by atoms with Crippen molar-refractivity contribution in [2.24, 2.45) is 0 Å². The number of hydrogen-bond donors (Lipinski definition) is 0. The smallest absolute Gasteiger partial charge is 0.123 e. The molecule has 1 aromatic rings. The van der Waals surface area contributed by atoms with Crippen molar-refractivity contribution in [2.45, 2.75) is 38.0 Å². The van der Waals surface area contributed by atoms with Crippen LogP contribution in [0.4, 0.5) is 4.39 Å². The zero-order valence-corrected chi connectivity index (χ0v) is 10.2. The summed E-state index contributed by atoms with van der Waals surface area (Å²) in [5.41, 5.74) is 3.58. The van der Waals surface area contributed by atoms with Gasteiger partial charge in [-0.2, -0.15) is 0 Å². The van der Waals surface area contributed by atoms with E-state index < -0.39 is 0 Å². The first-order valence-electron chi connectivity index (χ1n) is 5.74. The van der Waals surface area contributed by atoms with Gasteiger partial charge in [0.2, 0.25) is 0 Å². The van der Waals surface area contributed by atoms with Crippen LogP contribution in [0.1, 0.15) is 30.4 Å². The minimum absolute atomic E-state index is 0.153. The third kappa shape index (κ3) is 2.85. The molecule has 0 saturated heterocycles. The number of halogens is 2. The van der Waals surface area contributed by atoms with E-state index in [9.17, 15) is 4.39 Å². The van der Waals surface area contributed by atoms with Gasteiger partial charge in [0.25, 0.3) is 0 Å². The zero-order valence-electron chi connectivity index (χ0n) is 9.47. The molecule has 0 radical (unpaired) electrons. The minimum Gasteiger partial charge on any atom is -0.207 e. The van der Waals surface area contributed by atoms with Gasteiger partial charge in [-0.25, -0.2) is 4.39 Å². The third-order valence-corrected chi connectivity index (χ3v) is 3.47. The topological polar surface area (TPSA) is 0 Å². The summed E-state index contributed by atoms with van der Waals surface area (Å²) in [5, 5.41) is 0.164. The monoisotopic (exact) mass is 238 g/mol. The Morgan fingerprint density at radius 2 is 2.25 bits per heavy atom. The third-order valence-electron chi connectivity index (χ3n) is 3.12. The molecule has 0 N–H and O–H groups in total. The average molecular weight is 239 g/mol. The Hall–Kier alpha value is -0.820. The van der Waals surface area contributed by atoms with Crippen molar-refractivity contribution < 1.29 is 4.39 Å². The normalized spacial score (nSPS) is 20.7. The van der Waals surface area contributed by atoms with Gasteiger partial charge in [0.05, 0.1) is 5.38 Å². The largest absolute Gasteiger partial charge is 0.207 e. The number of alkyl halides is 1. The molecule has 0 aliphatic heterocycles. The van der Waals surface area contributed by atoms with E-state index in [1.807, 2.05) is 13.0 Å². The van der Waals surface area contributed by atoms with E-state index in [-0.39, 0.29) is 11.2 Å². The maximum atomic E-state index is 13.1. The molecular formula is C14H16ClF. The van der Waals surface area contributed by atoms with Crippen LogP contribution in [0.3, 0.4) is 0 Å². The molecule has 1 aromatic carbocycles. The molecule has 1 aliphatic rings. The molecule has 0 spiro atoms. The first-order valence-corrected chi connectivity index (χ1v) is 6.17. The van der Waals surface area contributed by atoms with Crippen LogP contribution >= 0.6 is 11.6 Å². The highest BCUT2D eigenvalue weighted by Gasteiger charge is 2.12. The Kier molecular flexibility index (Phi) is 3.65. The molecule has 0 aromatic heterocycles. The van der Waals surface area contributed by atoms with Crippen molar-refractivity contribution in [3.8, 4) is 0 Å². The van der Waals surface area contributed by atoms with Crippen LogP contribution in [0, 0.1) is 12.7 Å². The summed E-state index contributed by atoms with van der Waals surface area (Å²) in [5.74, 6) is -0.153. The summed E-state index contributed by atoms with van der Waals surface area (Å²) in [4.78, 5) is 0. The van der Waals surface area contributed by atoms with Gasteiger partial charge < -0.3 is 0 Å². The summed E-state index contributed by atoms with van der Waals surface area (Å²) >= 11 is 6.10. The first-order chi connectivity index (χ1) is 7.65. The van der Waals surface area contributed by atoms with Gasteiger partial charge in [-0.1, -0.05) is 17.7 Å². The van der Waals surface area contributed by atoms with Crippen LogP contribution < -0.4 is 0 Å². The number of benzene rings is 1. The van der Waals surface area contributed by atoms with E-state index in [2.05, 4.69) is 6.08 Å². The van der Waals surface area contributed by atoms with Crippen molar-refractivity contribution in [2.75, 3.05) is 0 Å². The lowest BCUT2D eigenvalue weighted by Crippen LogP contribution is -2.06. The van der Waals surface area contributed by atoms with Crippen LogP contribution in [0.5, 0.6) is 0 Å². The second-order valence-corrected chi connectivity index (χ2v) is 5.04. The van der Waals surface area contributed by atoms with E-state index in [0.717, 1.165) is 36.8 Å². The molecule has 0 nitrogen and oxygen atoms in total. The van der Waals surface area contributed by atoms with Crippen molar-refractivity contribution >= 4 is 11.6 Å². The average Bonchev–Trinajstić information content (AvgIpc) is 2.24. The predicted octanol–water partition coefficient (Wildman–Crippen LogP) is 4.39. The summed E-state index contributed by atoms with van der Waals surface area (Å²) < 4.78 is 13.1. The molecule has 0 heterocycles. The minimum atomic E-state index is -0.153. The number of rotatable bonds is 2. The van der Waals surface area contributed by atoms with Crippen LogP contribution in [-0.2, 0) is 6.42 Å². The fraction of sp³-hybridized carbons (Fsp3) is 0.429. The molecule has 2 rings (SSSR count). The van der Waals surface area contributed by atoms with Crippen LogP contribution in [0.15, 0.2) is 29.8 Å². The quantitative estimate of drug-likeness (QED) is 0.529. The highest BCUT2D eigenvalue weighted by molar-refractivity contribution is 6.21. The number of hydrogen-bond acceptors (Lipinski definition) is 0. The Balaban J connectivity index is 2.17. The van der Waals surface area contributed by atoms with E-state index in [1.165, 1.54) is 11.6 Å². The molecule has 86 valence electrons. The van der Waals surface area contributed by atoms with Crippen molar-refractivity contribution in [3.63, 3.8) is 0 Å². The lowest BCUT2D eigenvalue weighted by atomic mass is 9.92. The standard InChI is InChI=1S/C14H16ClF/c1-10-5-6-14(16)9-12(10)7-11-3-2-4-13(15)8-11/h5-6,8-9,13H,2-4,7H2,1H3. The molecule has 0 bridgehead atoms. The molecule has 1 atom stereocenters. The predicted molar refractivity (Wildman–Crippen MR) is 66.4 cm³/mol. The van der Waals surface area contributed by atoms with E-state index in [1.54, 1.807) is 6.07 Å². The molecule has 16 heavy (non-hydrogen) atoms. The SMILES string of the molecule is Cc1ccc(F)cc1CC1=CC(Cl)CCC1. The Morgan fingerprint density at radius 1 is 1.44 bits per heavy atom. The Bertz CT molecular complexity index is 409. The second-order valence-electron chi connectivity index (χ2n) is 4.48. The van der Waals surface area contributed by atoms with E-state index >= 15 is 0 Å². The molecule has 2 heteroatoms. The molecule has 0 fully saturated rings. The van der Waals surface area contributed by atoms with Crippen molar-refractivity contribution in [1.82, 2.24) is 0 Å². The number of aryl methyl sites for hydroxylation is 1. The van der Waals surface area contributed by atoms with Gasteiger partial charge in [-0.3, -0.25) is 0 Å². The summed E-state index contributed by atoms with van der Waals surface area (Å²) in [6.07, 6.45) is 6.28.